The topological polar surface area (TPSA) is 122 Å². The Bertz CT molecular complexity index is 1380. The summed E-state index contributed by atoms with van der Waals surface area (Å²) >= 11 is 6.21. The lowest BCUT2D eigenvalue weighted by molar-refractivity contribution is -0.164. The number of pyridine rings is 1. The number of likely N-dealkylation sites (tertiary alicyclic amines) is 1. The Kier molecular flexibility index (Phi) is 9.40. The van der Waals surface area contributed by atoms with Crippen LogP contribution >= 0.6 is 11.6 Å². The summed E-state index contributed by atoms with van der Waals surface area (Å²) in [7, 11) is 0. The standard InChI is InChI=1S/C33H43ClN6O4/c1-32(2)30(33(3,4)31(32)44-25-7-5-23(18-35)26(34)17-25)37-29(43)24-6-8-27(36-19-24)40-15-13-39(14-16-40)20-22-9-11-38(12-10-22)21-28(41)42/h5-8,17,19,22,30-31H,9-16,20-21H2,1-4H3,(H,37,43)(H,41,42)/t30-,31-. The quantitative estimate of drug-likeness (QED) is 0.425. The number of halogens is 1. The first-order chi connectivity index (χ1) is 20.9. The average molecular weight is 623 g/mol. The van der Waals surface area contributed by atoms with Crippen molar-refractivity contribution in [3.63, 3.8) is 0 Å². The first-order valence-corrected chi connectivity index (χ1v) is 15.8. The Balaban J connectivity index is 1.10. The zero-order valence-corrected chi connectivity index (χ0v) is 26.8. The van der Waals surface area contributed by atoms with Crippen LogP contribution in [0.4, 0.5) is 5.82 Å². The van der Waals surface area contributed by atoms with Crippen molar-refractivity contribution < 1.29 is 19.4 Å². The van der Waals surface area contributed by atoms with Crippen LogP contribution in [0, 0.1) is 28.1 Å². The summed E-state index contributed by atoms with van der Waals surface area (Å²) in [5.74, 6) is 1.18. The smallest absolute Gasteiger partial charge is 0.317 e. The molecule has 3 aliphatic rings. The number of carbonyl (C=O) groups excluding carboxylic acids is 1. The third kappa shape index (κ3) is 6.80. The molecule has 2 aliphatic heterocycles. The summed E-state index contributed by atoms with van der Waals surface area (Å²) in [4.78, 5) is 35.7. The van der Waals surface area contributed by atoms with Gasteiger partial charge in [0.25, 0.3) is 5.91 Å². The minimum atomic E-state index is -0.750. The van der Waals surface area contributed by atoms with E-state index in [0.717, 1.165) is 64.5 Å². The van der Waals surface area contributed by atoms with Gasteiger partial charge >= 0.3 is 5.97 Å². The predicted molar refractivity (Wildman–Crippen MR) is 169 cm³/mol. The number of piperidine rings is 1. The molecule has 11 heteroatoms. The SMILES string of the molecule is CC1(C)[C@H](NC(=O)c2ccc(N3CCN(CC4CCN(CC(=O)O)CC4)CC3)nc2)C(C)(C)[C@H]1Oc1ccc(C#N)c(Cl)c1. The molecular formula is C33H43ClN6O4. The van der Waals surface area contributed by atoms with Crippen molar-refractivity contribution in [2.75, 3.05) is 57.3 Å². The molecule has 1 aromatic heterocycles. The number of benzene rings is 1. The first-order valence-electron chi connectivity index (χ1n) is 15.4. The number of aliphatic carboxylic acids is 1. The third-order valence-corrected chi connectivity index (χ3v) is 10.0. The highest BCUT2D eigenvalue weighted by Crippen LogP contribution is 2.55. The van der Waals surface area contributed by atoms with E-state index in [9.17, 15) is 9.59 Å². The number of nitriles is 1. The zero-order valence-electron chi connectivity index (χ0n) is 26.1. The second kappa shape index (κ2) is 12.9. The van der Waals surface area contributed by atoms with E-state index in [1.807, 2.05) is 17.0 Å². The van der Waals surface area contributed by atoms with Crippen LogP contribution in [0.3, 0.4) is 0 Å². The van der Waals surface area contributed by atoms with Crippen molar-refractivity contribution in [3.8, 4) is 11.8 Å². The third-order valence-electron chi connectivity index (χ3n) is 9.72. The minimum absolute atomic E-state index is 0.126. The molecule has 1 saturated carbocycles. The van der Waals surface area contributed by atoms with E-state index in [-0.39, 0.29) is 35.4 Å². The second-order valence-corrected chi connectivity index (χ2v) is 14.0. The predicted octanol–water partition coefficient (Wildman–Crippen LogP) is 4.14. The summed E-state index contributed by atoms with van der Waals surface area (Å²) in [5, 5.41) is 21.8. The molecule has 0 unspecified atom stereocenters. The Morgan fingerprint density at radius 3 is 2.30 bits per heavy atom. The van der Waals surface area contributed by atoms with Crippen LogP contribution in [0.1, 0.15) is 56.5 Å². The minimum Gasteiger partial charge on any atom is -0.489 e. The summed E-state index contributed by atoms with van der Waals surface area (Å²) in [6.07, 6.45) is 3.59. The molecule has 1 aromatic carbocycles. The van der Waals surface area contributed by atoms with Crippen LogP contribution in [0.2, 0.25) is 5.02 Å². The normalized spacial score (nSPS) is 23.8. The van der Waals surface area contributed by atoms with E-state index in [1.54, 1.807) is 24.4 Å². The summed E-state index contributed by atoms with van der Waals surface area (Å²) in [5.41, 5.74) is 0.238. The molecule has 5 rings (SSSR count). The van der Waals surface area contributed by atoms with E-state index in [1.165, 1.54) is 0 Å². The largest absolute Gasteiger partial charge is 0.489 e. The van der Waals surface area contributed by atoms with Gasteiger partial charge < -0.3 is 20.1 Å². The summed E-state index contributed by atoms with van der Waals surface area (Å²) in [6, 6.07) is 10.8. The number of anilines is 1. The maximum atomic E-state index is 13.3. The fourth-order valence-electron chi connectivity index (χ4n) is 7.56. The molecule has 2 saturated heterocycles. The molecule has 2 aromatic rings. The van der Waals surface area contributed by atoms with Gasteiger partial charge in [-0.2, -0.15) is 5.26 Å². The number of rotatable bonds is 9. The molecule has 3 heterocycles. The monoisotopic (exact) mass is 622 g/mol. The molecule has 10 nitrogen and oxygen atoms in total. The van der Waals surface area contributed by atoms with Gasteiger partial charge in [0, 0.05) is 61.9 Å². The van der Waals surface area contributed by atoms with Crippen molar-refractivity contribution in [2.24, 2.45) is 16.7 Å². The van der Waals surface area contributed by atoms with Gasteiger partial charge in [0.2, 0.25) is 0 Å². The lowest BCUT2D eigenvalue weighted by Gasteiger charge is -2.63. The zero-order chi connectivity index (χ0) is 31.6. The number of carboxylic acid groups (broad SMARTS) is 1. The van der Waals surface area contributed by atoms with Crippen LogP contribution < -0.4 is 15.0 Å². The first kappa shape index (κ1) is 32.0. The molecule has 44 heavy (non-hydrogen) atoms. The number of amides is 1. The van der Waals surface area contributed by atoms with Gasteiger partial charge in [-0.05, 0) is 56.1 Å². The Morgan fingerprint density at radius 2 is 1.73 bits per heavy atom. The molecule has 0 spiro atoms. The number of hydrogen-bond acceptors (Lipinski definition) is 8. The van der Waals surface area contributed by atoms with Crippen molar-refractivity contribution in [3.05, 3.63) is 52.7 Å². The number of hydrogen-bond donors (Lipinski definition) is 2. The lowest BCUT2D eigenvalue weighted by Crippen LogP contribution is -2.74. The molecule has 2 N–H and O–H groups in total. The summed E-state index contributed by atoms with van der Waals surface area (Å²) in [6.45, 7) is 14.9. The maximum Gasteiger partial charge on any atom is 0.317 e. The number of piperazine rings is 1. The average Bonchev–Trinajstić information content (AvgIpc) is 2.99. The van der Waals surface area contributed by atoms with Crippen molar-refractivity contribution in [1.29, 1.82) is 5.26 Å². The fraction of sp³-hybridized carbons (Fsp3) is 0.576. The van der Waals surface area contributed by atoms with Crippen molar-refractivity contribution in [2.45, 2.75) is 52.7 Å². The molecule has 0 radical (unpaired) electrons. The summed E-state index contributed by atoms with van der Waals surface area (Å²) < 4.78 is 6.34. The van der Waals surface area contributed by atoms with Crippen LogP contribution in [0.5, 0.6) is 5.75 Å². The van der Waals surface area contributed by atoms with Gasteiger partial charge in [0.05, 0.1) is 22.7 Å². The molecule has 0 atom stereocenters. The van der Waals surface area contributed by atoms with E-state index in [4.69, 9.17) is 26.7 Å². The number of carboxylic acids is 1. The van der Waals surface area contributed by atoms with E-state index in [2.05, 4.69) is 53.9 Å². The van der Waals surface area contributed by atoms with Crippen molar-refractivity contribution in [1.82, 2.24) is 20.1 Å². The van der Waals surface area contributed by atoms with Crippen LogP contribution in [0.25, 0.3) is 0 Å². The van der Waals surface area contributed by atoms with E-state index in [0.29, 0.717) is 27.8 Å². The molecule has 236 valence electrons. The number of carbonyl (C=O) groups is 2. The maximum absolute atomic E-state index is 13.3. The number of nitrogens with one attached hydrogen (secondary N) is 1. The highest BCUT2D eigenvalue weighted by molar-refractivity contribution is 6.31. The molecule has 1 aliphatic carbocycles. The van der Waals surface area contributed by atoms with Gasteiger partial charge in [-0.1, -0.05) is 39.3 Å². The molecule has 1 amide bonds. The Morgan fingerprint density at radius 1 is 1.05 bits per heavy atom. The number of aromatic nitrogens is 1. The highest BCUT2D eigenvalue weighted by Gasteiger charge is 2.64. The van der Waals surface area contributed by atoms with E-state index < -0.39 is 5.97 Å². The highest BCUT2D eigenvalue weighted by atomic mass is 35.5. The fourth-order valence-corrected chi connectivity index (χ4v) is 7.77. The van der Waals surface area contributed by atoms with Gasteiger partial charge in [-0.25, -0.2) is 4.98 Å². The molecular weight excluding hydrogens is 580 g/mol. The number of ether oxygens (including phenoxy) is 1. The second-order valence-electron chi connectivity index (χ2n) is 13.6. The van der Waals surface area contributed by atoms with Gasteiger partial charge in [-0.3, -0.25) is 19.4 Å². The van der Waals surface area contributed by atoms with E-state index >= 15 is 0 Å². The van der Waals surface area contributed by atoms with Crippen LogP contribution in [-0.4, -0.2) is 96.3 Å². The lowest BCUT2D eigenvalue weighted by atomic mass is 9.49. The molecule has 0 bridgehead atoms. The number of nitrogens with zero attached hydrogens (tertiary/aromatic N) is 5. The van der Waals surface area contributed by atoms with Crippen LogP contribution in [-0.2, 0) is 4.79 Å². The molecule has 3 fully saturated rings. The Labute approximate surface area is 264 Å². The van der Waals surface area contributed by atoms with Gasteiger partial charge in [0.1, 0.15) is 23.7 Å². The Hall–Kier alpha value is -3.39. The van der Waals surface area contributed by atoms with Crippen LogP contribution in [0.15, 0.2) is 36.5 Å². The van der Waals surface area contributed by atoms with Gasteiger partial charge in [-0.15, -0.1) is 0 Å². The van der Waals surface area contributed by atoms with Crippen molar-refractivity contribution >= 4 is 29.3 Å². The van der Waals surface area contributed by atoms with Gasteiger partial charge in [0.15, 0.2) is 0 Å².